The van der Waals surface area contributed by atoms with Crippen LogP contribution in [0.15, 0.2) is 43.0 Å². The first-order chi connectivity index (χ1) is 7.45. The number of ether oxygens (including phenoxy) is 1. The lowest BCUT2D eigenvalue weighted by atomic mass is 10.2. The number of rotatable bonds is 5. The van der Waals surface area contributed by atoms with Crippen LogP contribution in [0.2, 0.25) is 19.6 Å². The van der Waals surface area contributed by atoms with E-state index in [4.69, 9.17) is 4.74 Å². The number of hydrogen-bond donors (Lipinski definition) is 0. The van der Waals surface area contributed by atoms with Crippen molar-refractivity contribution in [2.75, 3.05) is 0 Å². The van der Waals surface area contributed by atoms with Gasteiger partial charge in [0.2, 0.25) is 0 Å². The van der Waals surface area contributed by atoms with E-state index in [1.807, 2.05) is 19.1 Å². The van der Waals surface area contributed by atoms with Crippen molar-refractivity contribution in [1.29, 1.82) is 0 Å². The van der Waals surface area contributed by atoms with Gasteiger partial charge in [0.25, 0.3) is 0 Å². The fourth-order valence-electron chi connectivity index (χ4n) is 1.68. The lowest BCUT2D eigenvalue weighted by molar-refractivity contribution is 0.0652. The summed E-state index contributed by atoms with van der Waals surface area (Å²) in [5, 5.41) is 0. The van der Waals surface area contributed by atoms with Gasteiger partial charge in [0.05, 0.1) is 19.9 Å². The third kappa shape index (κ3) is 3.61. The maximum Gasteiger partial charge on any atom is 0.0842 e. The average molecular weight is 234 g/mol. The summed E-state index contributed by atoms with van der Waals surface area (Å²) in [5.41, 5.74) is 1.53. The number of benzene rings is 1. The number of hydrogen-bond acceptors (Lipinski definition) is 1. The van der Waals surface area contributed by atoms with Gasteiger partial charge in [-0.2, -0.15) is 0 Å². The third-order valence-corrected chi connectivity index (χ3v) is 4.61. The van der Waals surface area contributed by atoms with E-state index in [2.05, 4.69) is 50.5 Å². The molecule has 1 rings (SSSR count). The molecular weight excluding hydrogens is 212 g/mol. The SMILES string of the molecule is C=CC(C)OC(c1ccccc1)[Si](C)(C)C. The third-order valence-electron chi connectivity index (χ3n) is 2.57. The Morgan fingerprint density at radius 3 is 2.19 bits per heavy atom. The van der Waals surface area contributed by atoms with E-state index in [1.54, 1.807) is 0 Å². The van der Waals surface area contributed by atoms with E-state index in [9.17, 15) is 0 Å². The lowest BCUT2D eigenvalue weighted by Gasteiger charge is -2.31. The highest BCUT2D eigenvalue weighted by atomic mass is 28.3. The first-order valence-corrected chi connectivity index (χ1v) is 9.36. The zero-order valence-corrected chi connectivity index (χ0v) is 11.7. The maximum atomic E-state index is 6.09. The summed E-state index contributed by atoms with van der Waals surface area (Å²) in [6.45, 7) is 12.8. The summed E-state index contributed by atoms with van der Waals surface area (Å²) in [6, 6.07) is 10.5. The second kappa shape index (κ2) is 5.46. The minimum absolute atomic E-state index is 0.108. The van der Waals surface area contributed by atoms with Crippen LogP contribution in [-0.2, 0) is 4.74 Å². The summed E-state index contributed by atoms with van der Waals surface area (Å²) >= 11 is 0. The van der Waals surface area contributed by atoms with Crippen molar-refractivity contribution in [3.8, 4) is 0 Å². The second-order valence-corrected chi connectivity index (χ2v) is 10.5. The molecule has 0 aliphatic heterocycles. The van der Waals surface area contributed by atoms with Gasteiger partial charge in [-0.05, 0) is 12.5 Å². The normalized spacial score (nSPS) is 15.5. The van der Waals surface area contributed by atoms with Crippen LogP contribution < -0.4 is 0 Å². The van der Waals surface area contributed by atoms with Gasteiger partial charge < -0.3 is 4.74 Å². The molecular formula is C14H22OSi. The topological polar surface area (TPSA) is 9.23 Å². The van der Waals surface area contributed by atoms with Gasteiger partial charge in [0.15, 0.2) is 0 Å². The highest BCUT2D eigenvalue weighted by molar-refractivity contribution is 6.77. The van der Waals surface area contributed by atoms with E-state index in [0.717, 1.165) is 0 Å². The molecule has 0 aromatic heterocycles. The highest BCUT2D eigenvalue weighted by Gasteiger charge is 2.29. The molecule has 1 aromatic carbocycles. The molecule has 1 nitrogen and oxygen atoms in total. The molecule has 2 unspecified atom stereocenters. The van der Waals surface area contributed by atoms with Crippen molar-refractivity contribution in [3.05, 3.63) is 48.6 Å². The Kier molecular flexibility index (Phi) is 4.51. The van der Waals surface area contributed by atoms with Crippen molar-refractivity contribution in [2.45, 2.75) is 38.4 Å². The second-order valence-electron chi connectivity index (χ2n) is 5.23. The fourth-order valence-corrected chi connectivity index (χ4v) is 3.50. The van der Waals surface area contributed by atoms with Crippen LogP contribution in [0.3, 0.4) is 0 Å². The van der Waals surface area contributed by atoms with Crippen LogP contribution in [0, 0.1) is 0 Å². The van der Waals surface area contributed by atoms with Gasteiger partial charge in [0, 0.05) is 0 Å². The standard InChI is InChI=1S/C14H22OSi/c1-6-12(2)15-14(16(3,4)5)13-10-8-7-9-11-13/h6-12,14H,1H2,2-5H3. The molecule has 0 aliphatic carbocycles. The molecule has 0 fully saturated rings. The van der Waals surface area contributed by atoms with Gasteiger partial charge >= 0.3 is 0 Å². The summed E-state index contributed by atoms with van der Waals surface area (Å²) < 4.78 is 6.09. The predicted molar refractivity (Wildman–Crippen MR) is 73.3 cm³/mol. The van der Waals surface area contributed by atoms with Gasteiger partial charge in [-0.3, -0.25) is 0 Å². The Labute approximate surface area is 100 Å². The van der Waals surface area contributed by atoms with Gasteiger partial charge in [-0.15, -0.1) is 6.58 Å². The fraction of sp³-hybridized carbons (Fsp3) is 0.429. The van der Waals surface area contributed by atoms with Crippen molar-refractivity contribution in [1.82, 2.24) is 0 Å². The zero-order chi connectivity index (χ0) is 12.2. The quantitative estimate of drug-likeness (QED) is 0.548. The van der Waals surface area contributed by atoms with Crippen LogP contribution >= 0.6 is 0 Å². The van der Waals surface area contributed by atoms with Crippen molar-refractivity contribution >= 4 is 8.07 Å². The Balaban J connectivity index is 2.93. The molecule has 2 atom stereocenters. The summed E-state index contributed by atoms with van der Waals surface area (Å²) in [5.74, 6) is 0. The first kappa shape index (κ1) is 13.2. The van der Waals surface area contributed by atoms with Gasteiger partial charge in [-0.1, -0.05) is 56.0 Å². The molecule has 2 heteroatoms. The van der Waals surface area contributed by atoms with E-state index >= 15 is 0 Å². The molecule has 0 aliphatic rings. The van der Waals surface area contributed by atoms with Crippen LogP contribution in [0.4, 0.5) is 0 Å². The Hall–Kier alpha value is -0.863. The van der Waals surface area contributed by atoms with E-state index in [0.29, 0.717) is 0 Å². The van der Waals surface area contributed by atoms with Crippen LogP contribution in [-0.4, -0.2) is 14.2 Å². The predicted octanol–water partition coefficient (Wildman–Crippen LogP) is 4.20. The highest BCUT2D eigenvalue weighted by Crippen LogP contribution is 2.29. The smallest absolute Gasteiger partial charge is 0.0842 e. The summed E-state index contributed by atoms with van der Waals surface area (Å²) in [7, 11) is -1.38. The molecule has 0 amide bonds. The van der Waals surface area contributed by atoms with Crippen LogP contribution in [0.1, 0.15) is 18.2 Å². The lowest BCUT2D eigenvalue weighted by Crippen LogP contribution is -2.34. The van der Waals surface area contributed by atoms with E-state index in [-0.39, 0.29) is 11.8 Å². The molecule has 1 aromatic rings. The molecule has 0 saturated carbocycles. The zero-order valence-electron chi connectivity index (χ0n) is 10.7. The van der Waals surface area contributed by atoms with Crippen molar-refractivity contribution < 1.29 is 4.74 Å². The molecule has 0 saturated heterocycles. The molecule has 16 heavy (non-hydrogen) atoms. The first-order valence-electron chi connectivity index (χ1n) is 5.78. The molecule has 0 heterocycles. The van der Waals surface area contributed by atoms with E-state index in [1.165, 1.54) is 5.56 Å². The molecule has 0 N–H and O–H groups in total. The molecule has 0 bridgehead atoms. The Morgan fingerprint density at radius 1 is 1.19 bits per heavy atom. The van der Waals surface area contributed by atoms with E-state index < -0.39 is 8.07 Å². The Morgan fingerprint density at radius 2 is 1.75 bits per heavy atom. The minimum Gasteiger partial charge on any atom is -0.370 e. The van der Waals surface area contributed by atoms with Gasteiger partial charge in [0.1, 0.15) is 0 Å². The van der Waals surface area contributed by atoms with Gasteiger partial charge in [-0.25, -0.2) is 0 Å². The summed E-state index contributed by atoms with van der Waals surface area (Å²) in [6.07, 6.45) is 1.97. The van der Waals surface area contributed by atoms with Crippen LogP contribution in [0.5, 0.6) is 0 Å². The van der Waals surface area contributed by atoms with Crippen molar-refractivity contribution in [2.24, 2.45) is 0 Å². The summed E-state index contributed by atoms with van der Waals surface area (Å²) in [4.78, 5) is 0. The molecule has 0 radical (unpaired) electrons. The van der Waals surface area contributed by atoms with Crippen molar-refractivity contribution in [3.63, 3.8) is 0 Å². The molecule has 88 valence electrons. The molecule has 0 spiro atoms. The Bertz CT molecular complexity index is 326. The average Bonchev–Trinajstić information content (AvgIpc) is 2.25. The maximum absolute atomic E-state index is 6.09. The minimum atomic E-state index is -1.38. The van der Waals surface area contributed by atoms with Crippen LogP contribution in [0.25, 0.3) is 0 Å². The largest absolute Gasteiger partial charge is 0.370 e. The monoisotopic (exact) mass is 234 g/mol.